The average Bonchev–Trinajstić information content (AvgIpc) is 3.34. The van der Waals surface area contributed by atoms with E-state index in [2.05, 4.69) is 22.2 Å². The van der Waals surface area contributed by atoms with Gasteiger partial charge in [0, 0.05) is 5.39 Å². The predicted octanol–water partition coefficient (Wildman–Crippen LogP) is 2.80. The molecule has 2 aliphatic rings. The molecule has 3 aromatic rings. The Bertz CT molecular complexity index is 1190. The van der Waals surface area contributed by atoms with Crippen LogP contribution in [-0.2, 0) is 7.05 Å². The molecule has 2 N–H and O–H groups in total. The Morgan fingerprint density at radius 3 is 2.81 bits per heavy atom. The van der Waals surface area contributed by atoms with Gasteiger partial charge in [-0.1, -0.05) is 9.78 Å². The maximum Gasteiger partial charge on any atom is 0.518 e. The van der Waals surface area contributed by atoms with Crippen LogP contribution in [0.1, 0.15) is 64.8 Å². The highest BCUT2D eigenvalue weighted by Crippen LogP contribution is 2.40. The van der Waals surface area contributed by atoms with Crippen LogP contribution >= 0.6 is 0 Å². The fourth-order valence-electron chi connectivity index (χ4n) is 4.51. The van der Waals surface area contributed by atoms with Gasteiger partial charge in [-0.05, 0) is 77.0 Å². The number of hydrogen-bond donors (Lipinski definition) is 2. The number of aromatic amines is 1. The molecule has 1 aromatic carbocycles. The molecule has 2 unspecified atom stereocenters. The van der Waals surface area contributed by atoms with Gasteiger partial charge in [-0.3, -0.25) is 5.10 Å². The summed E-state index contributed by atoms with van der Waals surface area (Å²) in [6.45, 7) is 4.00. The minimum Gasteiger partial charge on any atom is -0.488 e. The number of nitrogens with zero attached hydrogens (tertiary/aromatic N) is 4. The molecule has 2 aromatic heterocycles. The largest absolute Gasteiger partial charge is 0.518 e. The van der Waals surface area contributed by atoms with Gasteiger partial charge in [0.15, 0.2) is 5.69 Å². The zero-order valence-electron chi connectivity index (χ0n) is 18.4. The number of aromatic nitrogens is 5. The van der Waals surface area contributed by atoms with Crippen LogP contribution in [0, 0.1) is 0 Å². The topological polar surface area (TPSA) is 96.9 Å². The van der Waals surface area contributed by atoms with Crippen molar-refractivity contribution in [3.8, 4) is 17.1 Å². The average molecular weight is 425 g/mol. The number of aryl methyl sites for hydroxylation is 1. The maximum absolute atomic E-state index is 12.9. The highest BCUT2D eigenvalue weighted by atomic mass is 16.5. The van der Waals surface area contributed by atoms with Gasteiger partial charge in [0.05, 0.1) is 11.1 Å². The highest BCUT2D eigenvalue weighted by Gasteiger charge is 2.40. The number of rotatable bonds is 4. The molecule has 5 rings (SSSR count). The molecule has 0 radical (unpaired) electrons. The lowest BCUT2D eigenvalue weighted by atomic mass is 9.97. The van der Waals surface area contributed by atoms with Crippen LogP contribution in [0.2, 0.25) is 0 Å². The van der Waals surface area contributed by atoms with Crippen molar-refractivity contribution in [1.29, 1.82) is 0 Å². The smallest absolute Gasteiger partial charge is 0.488 e. The molecule has 0 bridgehead atoms. The molecule has 2 heterocycles. The molecular formula is C23H30N5O3+. The lowest BCUT2D eigenvalue weighted by Crippen LogP contribution is -2.57. The zero-order chi connectivity index (χ0) is 21.8. The van der Waals surface area contributed by atoms with Gasteiger partial charge in [0.25, 0.3) is 0 Å². The van der Waals surface area contributed by atoms with Gasteiger partial charge >= 0.3 is 5.69 Å². The molecule has 164 valence electrons. The van der Waals surface area contributed by atoms with E-state index < -0.39 is 5.60 Å². The van der Waals surface area contributed by atoms with Gasteiger partial charge in [-0.25, -0.2) is 0 Å². The van der Waals surface area contributed by atoms with Crippen molar-refractivity contribution in [1.82, 2.24) is 20.0 Å². The normalized spacial score (nSPS) is 25.4. The predicted molar refractivity (Wildman–Crippen MR) is 116 cm³/mol. The van der Waals surface area contributed by atoms with Gasteiger partial charge in [0.1, 0.15) is 36.3 Å². The van der Waals surface area contributed by atoms with Gasteiger partial charge in [0.2, 0.25) is 0 Å². The highest BCUT2D eigenvalue weighted by molar-refractivity contribution is 5.92. The second-order valence-corrected chi connectivity index (χ2v) is 9.74. The molecule has 2 fully saturated rings. The zero-order valence-corrected chi connectivity index (χ0v) is 18.4. The van der Waals surface area contributed by atoms with E-state index in [1.165, 1.54) is 4.68 Å². The van der Waals surface area contributed by atoms with Crippen molar-refractivity contribution in [2.45, 2.75) is 76.0 Å². The van der Waals surface area contributed by atoms with Crippen LogP contribution in [0.4, 0.5) is 0 Å². The first-order valence-electron chi connectivity index (χ1n) is 11.1. The van der Waals surface area contributed by atoms with Crippen molar-refractivity contribution in [3.05, 3.63) is 34.9 Å². The summed E-state index contributed by atoms with van der Waals surface area (Å²) in [7, 11) is 1.67. The Morgan fingerprint density at radius 2 is 2.03 bits per heavy atom. The third-order valence-corrected chi connectivity index (χ3v) is 6.77. The quantitative estimate of drug-likeness (QED) is 0.496. The first-order chi connectivity index (χ1) is 14.7. The second kappa shape index (κ2) is 7.15. The summed E-state index contributed by atoms with van der Waals surface area (Å²) in [5.41, 5.74) is 1.36. The van der Waals surface area contributed by atoms with E-state index in [-0.39, 0.29) is 17.3 Å². The van der Waals surface area contributed by atoms with Gasteiger partial charge in [-0.2, -0.15) is 14.5 Å². The first kappa shape index (κ1) is 20.2. The maximum atomic E-state index is 12.9. The lowest BCUT2D eigenvalue weighted by molar-refractivity contribution is -0.742. The van der Waals surface area contributed by atoms with Gasteiger partial charge < -0.3 is 9.84 Å². The standard InChI is InChI=1S/C23H30N5O3/c1-22(30)9-4-5-15(8-10-22)28-14-19(26-27(3)21(28)29)20-17-13-16(31-23(2)11-12-23)6-7-18(17)24-25-20/h6-7,13-15,30H,4-5,8-12H2,1-3H3,(H,24,25)/q+1. The summed E-state index contributed by atoms with van der Waals surface area (Å²) in [4.78, 5) is 12.9. The number of ether oxygens (including phenoxy) is 1. The van der Waals surface area contributed by atoms with E-state index in [0.29, 0.717) is 17.8 Å². The van der Waals surface area contributed by atoms with Crippen LogP contribution in [0.15, 0.2) is 29.2 Å². The van der Waals surface area contributed by atoms with Crippen molar-refractivity contribution in [2.24, 2.45) is 7.05 Å². The molecule has 0 saturated heterocycles. The SMILES string of the molecule is Cn1nc(-c2n[nH]c3ccc(OC4(C)CC4)cc23)c[n+](C2CCCC(C)(O)CC2)c1=O. The van der Waals surface area contributed by atoms with E-state index in [9.17, 15) is 9.90 Å². The molecule has 0 spiro atoms. The Balaban J connectivity index is 1.54. The minimum atomic E-state index is -0.663. The van der Waals surface area contributed by atoms with E-state index in [4.69, 9.17) is 4.74 Å². The molecule has 8 heteroatoms. The van der Waals surface area contributed by atoms with E-state index in [1.807, 2.05) is 31.3 Å². The van der Waals surface area contributed by atoms with Crippen LogP contribution in [0.3, 0.4) is 0 Å². The minimum absolute atomic E-state index is 0.0355. The fourth-order valence-corrected chi connectivity index (χ4v) is 4.51. The Hall–Kier alpha value is -2.74. The van der Waals surface area contributed by atoms with E-state index in [0.717, 1.165) is 55.2 Å². The van der Waals surface area contributed by atoms with Crippen molar-refractivity contribution < 1.29 is 14.4 Å². The molecule has 2 saturated carbocycles. The van der Waals surface area contributed by atoms with Crippen LogP contribution in [0.25, 0.3) is 22.3 Å². The molecule has 0 amide bonds. The van der Waals surface area contributed by atoms with Crippen molar-refractivity contribution >= 4 is 10.9 Å². The number of nitrogens with one attached hydrogen (secondary N) is 1. The summed E-state index contributed by atoms with van der Waals surface area (Å²) in [5, 5.41) is 23.4. The van der Waals surface area contributed by atoms with E-state index in [1.54, 1.807) is 11.6 Å². The molecule has 8 nitrogen and oxygen atoms in total. The third-order valence-electron chi connectivity index (χ3n) is 6.77. The number of hydrogen-bond acceptors (Lipinski definition) is 5. The van der Waals surface area contributed by atoms with Gasteiger partial charge in [-0.15, -0.1) is 0 Å². The number of H-pyrrole nitrogens is 1. The molecule has 0 aliphatic heterocycles. The monoisotopic (exact) mass is 424 g/mol. The van der Waals surface area contributed by atoms with Crippen molar-refractivity contribution in [2.75, 3.05) is 0 Å². The molecule has 2 atom stereocenters. The second-order valence-electron chi connectivity index (χ2n) is 9.74. The molecular weight excluding hydrogens is 394 g/mol. The first-order valence-corrected chi connectivity index (χ1v) is 11.1. The van der Waals surface area contributed by atoms with Crippen LogP contribution in [-0.4, -0.2) is 36.3 Å². The van der Waals surface area contributed by atoms with Crippen LogP contribution in [0.5, 0.6) is 5.75 Å². The fraction of sp³-hybridized carbons (Fsp3) is 0.565. The molecule has 31 heavy (non-hydrogen) atoms. The summed E-state index contributed by atoms with van der Waals surface area (Å²) >= 11 is 0. The van der Waals surface area contributed by atoms with Crippen molar-refractivity contribution in [3.63, 3.8) is 0 Å². The Kier molecular flexibility index (Phi) is 4.66. The Morgan fingerprint density at radius 1 is 1.23 bits per heavy atom. The number of benzene rings is 1. The third kappa shape index (κ3) is 3.96. The number of fused-ring (bicyclic) bond motifs is 1. The molecule has 2 aliphatic carbocycles. The lowest BCUT2D eigenvalue weighted by Gasteiger charge is -2.20. The summed E-state index contributed by atoms with van der Waals surface area (Å²) in [5.74, 6) is 0.818. The number of aliphatic hydroxyl groups is 1. The Labute approximate surface area is 180 Å². The van der Waals surface area contributed by atoms with Crippen LogP contribution < -0.4 is 15.0 Å². The summed E-state index contributed by atoms with van der Waals surface area (Å²) in [6, 6.07) is 5.96. The summed E-state index contributed by atoms with van der Waals surface area (Å²) in [6.07, 6.45) is 7.89. The van der Waals surface area contributed by atoms with E-state index >= 15 is 0 Å². The summed E-state index contributed by atoms with van der Waals surface area (Å²) < 4.78 is 9.28.